The van der Waals surface area contributed by atoms with Gasteiger partial charge in [0.1, 0.15) is 11.6 Å². The largest absolute Gasteiger partial charge is 0.508 e. The molecule has 3 N–H and O–H groups in total. The third-order valence-corrected chi connectivity index (χ3v) is 6.15. The number of pyridine rings is 2. The van der Waals surface area contributed by atoms with E-state index in [2.05, 4.69) is 38.8 Å². The van der Waals surface area contributed by atoms with Crippen LogP contribution in [0.5, 0.6) is 5.75 Å². The number of Topliss-reactive ketones (excluding diaryl/α,β-unsaturated/α-hetero) is 1. The van der Waals surface area contributed by atoms with Gasteiger partial charge in [0.15, 0.2) is 5.78 Å². The first kappa shape index (κ1) is 21.6. The van der Waals surface area contributed by atoms with Crippen LogP contribution in [-0.2, 0) is 19.3 Å². The molecule has 0 amide bonds. The summed E-state index contributed by atoms with van der Waals surface area (Å²) >= 11 is 0. The normalized spacial score (nSPS) is 12.3. The molecule has 0 atom stereocenters. The molecule has 1 aliphatic rings. The summed E-state index contributed by atoms with van der Waals surface area (Å²) in [6.07, 6.45) is 8.60. The second kappa shape index (κ2) is 9.35. The number of carbonyl (C=O) groups excluding carboxylic acids is 1. The third kappa shape index (κ3) is 4.62. The van der Waals surface area contributed by atoms with E-state index in [1.165, 1.54) is 11.1 Å². The molecule has 4 aromatic rings. The highest BCUT2D eigenvalue weighted by molar-refractivity contribution is 6.09. The zero-order valence-electron chi connectivity index (χ0n) is 19.0. The fourth-order valence-corrected chi connectivity index (χ4v) is 4.34. The number of nitrogens with zero attached hydrogens (tertiary/aromatic N) is 2. The number of aromatic hydroxyl groups is 1. The number of hydrogen-bond donors (Lipinski definition) is 3. The second-order valence-corrected chi connectivity index (χ2v) is 8.64. The second-order valence-electron chi connectivity index (χ2n) is 8.64. The van der Waals surface area contributed by atoms with Crippen LogP contribution in [-0.4, -0.2) is 20.9 Å². The Kier molecular flexibility index (Phi) is 5.95. The maximum atomic E-state index is 13.4. The van der Waals surface area contributed by atoms with E-state index in [0.29, 0.717) is 23.5 Å². The molecule has 0 fully saturated rings. The van der Waals surface area contributed by atoms with E-state index in [4.69, 9.17) is 0 Å². The van der Waals surface area contributed by atoms with Gasteiger partial charge in [0, 0.05) is 42.5 Å². The number of carbonyl (C=O) groups is 1. The van der Waals surface area contributed by atoms with Crippen molar-refractivity contribution in [2.24, 2.45) is 0 Å². The van der Waals surface area contributed by atoms with E-state index in [9.17, 15) is 9.90 Å². The average molecular weight is 451 g/mol. The molecule has 2 aromatic carbocycles. The van der Waals surface area contributed by atoms with Crippen molar-refractivity contribution in [2.75, 3.05) is 10.6 Å². The van der Waals surface area contributed by atoms with Crippen LogP contribution in [0.4, 0.5) is 22.9 Å². The molecule has 5 rings (SSSR count). The van der Waals surface area contributed by atoms with Crippen LogP contribution in [0.1, 0.15) is 39.0 Å². The maximum Gasteiger partial charge on any atom is 0.173 e. The number of aromatic nitrogens is 2. The van der Waals surface area contributed by atoms with Crippen molar-refractivity contribution in [3.05, 3.63) is 101 Å². The molecule has 0 unspecified atom stereocenters. The summed E-state index contributed by atoms with van der Waals surface area (Å²) in [7, 11) is 0. The van der Waals surface area contributed by atoms with E-state index >= 15 is 0 Å². The van der Waals surface area contributed by atoms with Crippen molar-refractivity contribution in [3.63, 3.8) is 0 Å². The first-order valence-electron chi connectivity index (χ1n) is 11.4. The Labute approximate surface area is 198 Å². The highest BCUT2D eigenvalue weighted by Crippen LogP contribution is 2.35. The first-order valence-corrected chi connectivity index (χ1v) is 11.4. The molecule has 2 aromatic heterocycles. The van der Waals surface area contributed by atoms with Crippen molar-refractivity contribution in [1.82, 2.24) is 9.97 Å². The first-order chi connectivity index (χ1) is 16.6. The predicted octanol–water partition coefficient (Wildman–Crippen LogP) is 5.89. The number of anilines is 4. The summed E-state index contributed by atoms with van der Waals surface area (Å²) in [6, 6.07) is 17.3. The highest BCUT2D eigenvalue weighted by Gasteiger charge is 2.24. The Bertz CT molecular complexity index is 1350. The van der Waals surface area contributed by atoms with Crippen molar-refractivity contribution in [3.8, 4) is 5.75 Å². The van der Waals surface area contributed by atoms with Gasteiger partial charge < -0.3 is 15.7 Å². The van der Waals surface area contributed by atoms with Crippen molar-refractivity contribution < 1.29 is 9.90 Å². The Hall–Kier alpha value is -4.19. The van der Waals surface area contributed by atoms with Gasteiger partial charge in [-0.25, -0.2) is 4.98 Å². The molecule has 0 saturated heterocycles. The highest BCUT2D eigenvalue weighted by atomic mass is 16.3. The smallest absolute Gasteiger partial charge is 0.173 e. The molecule has 6 nitrogen and oxygen atoms in total. The molecule has 0 saturated carbocycles. The fourth-order valence-electron chi connectivity index (χ4n) is 4.34. The Morgan fingerprint density at radius 3 is 2.74 bits per heavy atom. The molecule has 34 heavy (non-hydrogen) atoms. The SMILES string of the molecule is Cc1ccc(O)cc1Nc1ccnc2c1C(=O)Cc1cc(CCCc3cccnc3)ccc1N2. The molecule has 0 aliphatic carbocycles. The van der Waals surface area contributed by atoms with Crippen LogP contribution in [0.25, 0.3) is 0 Å². The number of rotatable bonds is 6. The van der Waals surface area contributed by atoms with Gasteiger partial charge >= 0.3 is 0 Å². The summed E-state index contributed by atoms with van der Waals surface area (Å²) in [4.78, 5) is 22.0. The summed E-state index contributed by atoms with van der Waals surface area (Å²) in [5, 5.41) is 16.6. The molecule has 0 bridgehead atoms. The minimum absolute atomic E-state index is 0.00201. The van der Waals surface area contributed by atoms with Gasteiger partial charge in [0.05, 0.1) is 11.3 Å². The molecule has 3 heterocycles. The van der Waals surface area contributed by atoms with Crippen LogP contribution in [0, 0.1) is 6.92 Å². The van der Waals surface area contributed by atoms with E-state index in [0.717, 1.165) is 41.8 Å². The molecular formula is C28H26N4O2. The minimum atomic E-state index is 0.00201. The van der Waals surface area contributed by atoms with Crippen molar-refractivity contribution in [1.29, 1.82) is 0 Å². The van der Waals surface area contributed by atoms with E-state index in [1.54, 1.807) is 30.6 Å². The van der Waals surface area contributed by atoms with Crippen LogP contribution >= 0.6 is 0 Å². The summed E-state index contributed by atoms with van der Waals surface area (Å²) in [6.45, 7) is 1.95. The number of fused-ring (bicyclic) bond motifs is 2. The molecule has 1 aliphatic heterocycles. The maximum absolute atomic E-state index is 13.4. The quantitative estimate of drug-likeness (QED) is 0.339. The topological polar surface area (TPSA) is 87.1 Å². The Balaban J connectivity index is 1.37. The lowest BCUT2D eigenvalue weighted by Gasteiger charge is -2.15. The zero-order chi connectivity index (χ0) is 23.5. The van der Waals surface area contributed by atoms with Crippen molar-refractivity contribution >= 4 is 28.7 Å². The number of phenols is 1. The number of aryl methyl sites for hydroxylation is 3. The zero-order valence-corrected chi connectivity index (χ0v) is 19.0. The molecular weight excluding hydrogens is 424 g/mol. The van der Waals surface area contributed by atoms with E-state index < -0.39 is 0 Å². The van der Waals surface area contributed by atoms with Crippen LogP contribution in [0.15, 0.2) is 73.2 Å². The lowest BCUT2D eigenvalue weighted by molar-refractivity contribution is 0.0995. The Morgan fingerprint density at radius 2 is 1.88 bits per heavy atom. The summed E-state index contributed by atoms with van der Waals surface area (Å²) in [5.41, 5.74) is 7.24. The van der Waals surface area contributed by atoms with Crippen LogP contribution in [0.2, 0.25) is 0 Å². The summed E-state index contributed by atoms with van der Waals surface area (Å²) < 4.78 is 0. The predicted molar refractivity (Wildman–Crippen MR) is 134 cm³/mol. The van der Waals surface area contributed by atoms with Crippen LogP contribution < -0.4 is 10.6 Å². The van der Waals surface area contributed by atoms with E-state index in [1.807, 2.05) is 31.3 Å². The molecule has 170 valence electrons. The van der Waals surface area contributed by atoms with Gasteiger partial charge in [-0.05, 0) is 72.7 Å². The lowest BCUT2D eigenvalue weighted by Crippen LogP contribution is -2.08. The van der Waals surface area contributed by atoms with E-state index in [-0.39, 0.29) is 11.5 Å². The van der Waals surface area contributed by atoms with Gasteiger partial charge in [0.2, 0.25) is 0 Å². The third-order valence-electron chi connectivity index (χ3n) is 6.15. The fraction of sp³-hybridized carbons (Fsp3) is 0.179. The van der Waals surface area contributed by atoms with Gasteiger partial charge in [-0.3, -0.25) is 9.78 Å². The molecule has 6 heteroatoms. The van der Waals surface area contributed by atoms with Crippen LogP contribution in [0.3, 0.4) is 0 Å². The number of phenolic OH excluding ortho intramolecular Hbond substituents is 1. The lowest BCUT2D eigenvalue weighted by atomic mass is 9.98. The standard InChI is InChI=1S/C28H26N4O2/c1-18-7-9-22(33)16-25(18)31-24-11-13-30-28-27(24)26(34)15-21-14-19(8-10-23(21)32-28)4-2-5-20-6-3-12-29-17-20/h3,6-14,16-17,33H,2,4-5,15H2,1H3,(H2,30,31,32). The number of ketones is 1. The van der Waals surface area contributed by atoms with Gasteiger partial charge in [-0.15, -0.1) is 0 Å². The van der Waals surface area contributed by atoms with Gasteiger partial charge in [-0.1, -0.05) is 24.3 Å². The van der Waals surface area contributed by atoms with Gasteiger partial charge in [-0.2, -0.15) is 0 Å². The van der Waals surface area contributed by atoms with Gasteiger partial charge in [0.25, 0.3) is 0 Å². The minimum Gasteiger partial charge on any atom is -0.508 e. The number of hydrogen-bond acceptors (Lipinski definition) is 6. The average Bonchev–Trinajstić information content (AvgIpc) is 2.98. The number of nitrogens with one attached hydrogen (secondary N) is 2. The van der Waals surface area contributed by atoms with Crippen molar-refractivity contribution in [2.45, 2.75) is 32.6 Å². The molecule has 0 radical (unpaired) electrons. The molecule has 0 spiro atoms. The monoisotopic (exact) mass is 450 g/mol. The summed E-state index contributed by atoms with van der Waals surface area (Å²) in [5.74, 6) is 0.708. The Morgan fingerprint density at radius 1 is 1.00 bits per heavy atom. The number of benzene rings is 2.